The second kappa shape index (κ2) is 7.32. The van der Waals surface area contributed by atoms with Crippen molar-refractivity contribution in [2.75, 3.05) is 24.5 Å². The van der Waals surface area contributed by atoms with Crippen molar-refractivity contribution in [3.63, 3.8) is 0 Å². The fraction of sp³-hybridized carbons (Fsp3) is 0.389. The summed E-state index contributed by atoms with van der Waals surface area (Å²) in [5.41, 5.74) is 1.58. The van der Waals surface area contributed by atoms with Gasteiger partial charge < -0.3 is 10.0 Å². The van der Waals surface area contributed by atoms with E-state index in [2.05, 4.69) is 4.90 Å². The molecule has 134 valence electrons. The monoisotopic (exact) mass is 382 g/mol. The van der Waals surface area contributed by atoms with Crippen LogP contribution in [0.2, 0.25) is 0 Å². The van der Waals surface area contributed by atoms with Crippen LogP contribution in [0.15, 0.2) is 35.7 Å². The minimum atomic E-state index is -0.907. The van der Waals surface area contributed by atoms with Crippen molar-refractivity contribution in [2.24, 2.45) is 5.92 Å². The Morgan fingerprint density at radius 3 is 2.44 bits per heavy atom. The largest absolute Gasteiger partial charge is 0.465 e. The highest BCUT2D eigenvalue weighted by Gasteiger charge is 2.40. The van der Waals surface area contributed by atoms with Gasteiger partial charge in [0.15, 0.2) is 0 Å². The van der Waals surface area contributed by atoms with Crippen LogP contribution in [-0.2, 0) is 0 Å². The van der Waals surface area contributed by atoms with Crippen LogP contribution in [0.4, 0.5) is 14.9 Å². The van der Waals surface area contributed by atoms with Crippen molar-refractivity contribution >= 4 is 35.5 Å². The highest BCUT2D eigenvalue weighted by atomic mass is 35.5. The van der Waals surface area contributed by atoms with Crippen LogP contribution in [0, 0.1) is 11.7 Å². The lowest BCUT2D eigenvalue weighted by Crippen LogP contribution is -2.58. The fourth-order valence-corrected chi connectivity index (χ4v) is 4.85. The normalized spacial score (nSPS) is 24.6. The van der Waals surface area contributed by atoms with Crippen molar-refractivity contribution in [3.05, 3.63) is 41.5 Å². The Kier molecular flexibility index (Phi) is 5.32. The lowest BCUT2D eigenvalue weighted by Gasteiger charge is -2.48. The van der Waals surface area contributed by atoms with Crippen molar-refractivity contribution in [3.8, 4) is 10.4 Å². The molecule has 0 radical (unpaired) electrons. The maximum atomic E-state index is 13.2. The van der Waals surface area contributed by atoms with E-state index in [0.717, 1.165) is 48.6 Å². The van der Waals surface area contributed by atoms with Gasteiger partial charge in [-0.3, -0.25) is 4.90 Å². The van der Waals surface area contributed by atoms with Gasteiger partial charge in [-0.15, -0.1) is 23.7 Å². The van der Waals surface area contributed by atoms with Crippen LogP contribution in [0.25, 0.3) is 10.4 Å². The Morgan fingerprint density at radius 2 is 1.88 bits per heavy atom. The number of rotatable bonds is 3. The standard InChI is InChI=1S/C18H19FN2O2S.ClH/c19-14-3-1-13(2-4-14)17-15(7-10-24-17)21(18(22)23)16-11-20-8-5-12(16)6-9-20;/h1-4,7,10,12,16H,5-6,8-9,11H2,(H,22,23);1H. The van der Waals surface area contributed by atoms with Crippen molar-refractivity contribution in [2.45, 2.75) is 18.9 Å². The first kappa shape index (κ1) is 18.2. The summed E-state index contributed by atoms with van der Waals surface area (Å²) in [4.78, 5) is 16.8. The third-order valence-electron chi connectivity index (χ3n) is 5.17. The predicted octanol–water partition coefficient (Wildman–Crippen LogP) is 4.55. The molecule has 3 fully saturated rings. The van der Waals surface area contributed by atoms with Gasteiger partial charge in [-0.2, -0.15) is 0 Å². The molecule has 1 unspecified atom stereocenters. The van der Waals surface area contributed by atoms with Gasteiger partial charge in [0.2, 0.25) is 0 Å². The molecule has 2 aromatic rings. The molecule has 4 nitrogen and oxygen atoms in total. The van der Waals surface area contributed by atoms with Crippen LogP contribution in [0.3, 0.4) is 0 Å². The number of hydrogen-bond donors (Lipinski definition) is 1. The number of nitrogens with zero attached hydrogens (tertiary/aromatic N) is 2. The van der Waals surface area contributed by atoms with Gasteiger partial charge in [-0.1, -0.05) is 12.1 Å². The number of carboxylic acid groups (broad SMARTS) is 1. The lowest BCUT2D eigenvalue weighted by molar-refractivity contribution is 0.0838. The summed E-state index contributed by atoms with van der Waals surface area (Å²) in [5.74, 6) is 0.136. The maximum absolute atomic E-state index is 13.2. The average molecular weight is 383 g/mol. The first-order chi connectivity index (χ1) is 11.6. The summed E-state index contributed by atoms with van der Waals surface area (Å²) in [6.45, 7) is 2.95. The summed E-state index contributed by atoms with van der Waals surface area (Å²) in [6.07, 6.45) is 1.21. The minimum Gasteiger partial charge on any atom is -0.465 e. The van der Waals surface area contributed by atoms with E-state index in [0.29, 0.717) is 5.92 Å². The third-order valence-corrected chi connectivity index (χ3v) is 6.12. The highest BCUT2D eigenvalue weighted by molar-refractivity contribution is 7.14. The Bertz CT molecular complexity index is 744. The van der Waals surface area contributed by atoms with E-state index in [1.54, 1.807) is 17.0 Å². The van der Waals surface area contributed by atoms with Crippen LogP contribution in [-0.4, -0.2) is 41.8 Å². The molecule has 7 heteroatoms. The van der Waals surface area contributed by atoms with Gasteiger partial charge in [-0.05, 0) is 61.0 Å². The first-order valence-electron chi connectivity index (χ1n) is 8.21. The molecule has 3 saturated heterocycles. The molecule has 1 atom stereocenters. The number of amides is 1. The van der Waals surface area contributed by atoms with E-state index in [4.69, 9.17) is 0 Å². The minimum absolute atomic E-state index is 0. The van der Waals surface area contributed by atoms with Crippen molar-refractivity contribution in [1.29, 1.82) is 0 Å². The second-order valence-electron chi connectivity index (χ2n) is 6.50. The van der Waals surface area contributed by atoms with Gasteiger partial charge in [0, 0.05) is 6.54 Å². The quantitative estimate of drug-likeness (QED) is 0.846. The molecule has 3 aliphatic heterocycles. The summed E-state index contributed by atoms with van der Waals surface area (Å²) >= 11 is 1.50. The van der Waals surface area contributed by atoms with Crippen molar-refractivity contribution in [1.82, 2.24) is 4.90 Å². The SMILES string of the molecule is Cl.O=C(O)N(c1ccsc1-c1ccc(F)cc1)C1CN2CCC1CC2. The summed E-state index contributed by atoms with van der Waals surface area (Å²) in [7, 11) is 0. The van der Waals surface area contributed by atoms with E-state index < -0.39 is 6.09 Å². The van der Waals surface area contributed by atoms with Gasteiger partial charge in [0.1, 0.15) is 5.82 Å². The molecular formula is C18H20ClFN2O2S. The number of carbonyl (C=O) groups is 1. The summed E-state index contributed by atoms with van der Waals surface area (Å²) in [5, 5.41) is 11.8. The van der Waals surface area contributed by atoms with Crippen LogP contribution in [0.1, 0.15) is 12.8 Å². The molecule has 0 saturated carbocycles. The number of thiophene rings is 1. The van der Waals surface area contributed by atoms with E-state index in [-0.39, 0.29) is 24.3 Å². The van der Waals surface area contributed by atoms with Gasteiger partial charge >= 0.3 is 6.09 Å². The third kappa shape index (κ3) is 3.38. The number of halogens is 2. The Balaban J connectivity index is 0.00000182. The van der Waals surface area contributed by atoms with E-state index >= 15 is 0 Å². The second-order valence-corrected chi connectivity index (χ2v) is 7.42. The maximum Gasteiger partial charge on any atom is 0.412 e. The zero-order chi connectivity index (χ0) is 16.7. The first-order valence-corrected chi connectivity index (χ1v) is 9.09. The van der Waals surface area contributed by atoms with Crippen LogP contribution >= 0.6 is 23.7 Å². The molecule has 3 aliphatic rings. The van der Waals surface area contributed by atoms with Gasteiger partial charge in [0.25, 0.3) is 0 Å². The molecule has 25 heavy (non-hydrogen) atoms. The number of piperidine rings is 3. The molecular weight excluding hydrogens is 363 g/mol. The zero-order valence-corrected chi connectivity index (χ0v) is 15.2. The van der Waals surface area contributed by atoms with Crippen molar-refractivity contribution < 1.29 is 14.3 Å². The Hall–Kier alpha value is -1.63. The zero-order valence-electron chi connectivity index (χ0n) is 13.6. The van der Waals surface area contributed by atoms with E-state index in [1.165, 1.54) is 23.5 Å². The molecule has 0 aliphatic carbocycles. The van der Waals surface area contributed by atoms with Gasteiger partial charge in [0.05, 0.1) is 16.6 Å². The molecule has 1 N–H and O–H groups in total. The highest BCUT2D eigenvalue weighted by Crippen LogP contribution is 2.40. The number of benzene rings is 1. The smallest absolute Gasteiger partial charge is 0.412 e. The molecule has 2 bridgehead atoms. The summed E-state index contributed by atoms with van der Waals surface area (Å²) in [6, 6.07) is 8.12. The average Bonchev–Trinajstić information content (AvgIpc) is 3.06. The number of anilines is 1. The molecule has 4 heterocycles. The molecule has 1 aromatic heterocycles. The summed E-state index contributed by atoms with van der Waals surface area (Å²) < 4.78 is 13.2. The predicted molar refractivity (Wildman–Crippen MR) is 100 cm³/mol. The molecule has 1 aromatic carbocycles. The molecule has 5 rings (SSSR count). The van der Waals surface area contributed by atoms with Crippen LogP contribution < -0.4 is 4.90 Å². The Morgan fingerprint density at radius 1 is 1.20 bits per heavy atom. The molecule has 0 spiro atoms. The lowest BCUT2D eigenvalue weighted by atomic mass is 9.83. The van der Waals surface area contributed by atoms with Crippen LogP contribution in [0.5, 0.6) is 0 Å². The van der Waals surface area contributed by atoms with E-state index in [1.807, 2.05) is 11.4 Å². The topological polar surface area (TPSA) is 43.8 Å². The van der Waals surface area contributed by atoms with E-state index in [9.17, 15) is 14.3 Å². The molecule has 1 amide bonds. The Labute approximate surface area is 156 Å². The fourth-order valence-electron chi connectivity index (χ4n) is 3.96. The number of fused-ring (bicyclic) bond motifs is 3. The van der Waals surface area contributed by atoms with Gasteiger partial charge in [-0.25, -0.2) is 9.18 Å². The number of hydrogen-bond acceptors (Lipinski definition) is 3.